The van der Waals surface area contributed by atoms with Gasteiger partial charge < -0.3 is 0 Å². The number of thiol groups is 1. The third-order valence-electron chi connectivity index (χ3n) is 0.658. The Morgan fingerprint density at radius 1 is 1.33 bits per heavy atom. The van der Waals surface area contributed by atoms with Gasteiger partial charge >= 0.3 is 0 Å². The maximum Gasteiger partial charge on any atom is 0.0850 e. The lowest BCUT2D eigenvalue weighted by atomic mass is 10.3. The molecule has 36 valence electrons. The lowest BCUT2D eigenvalue weighted by Gasteiger charge is -1.81. The molecule has 0 rings (SSSR count). The van der Waals surface area contributed by atoms with Gasteiger partial charge in [-0.3, -0.25) is 0 Å². The molecule has 0 heterocycles. The molecule has 0 aliphatic carbocycles. The van der Waals surface area contributed by atoms with Crippen molar-refractivity contribution in [2.75, 3.05) is 5.75 Å². The molecular formula is C5H11S+. The van der Waals surface area contributed by atoms with Gasteiger partial charge in [0.15, 0.2) is 0 Å². The number of rotatable bonds is 3. The van der Waals surface area contributed by atoms with Gasteiger partial charge in [0, 0.05) is 0 Å². The Labute approximate surface area is 45.4 Å². The predicted molar refractivity (Wildman–Crippen MR) is 33.1 cm³/mol. The van der Waals surface area contributed by atoms with E-state index in [1.165, 1.54) is 12.8 Å². The van der Waals surface area contributed by atoms with E-state index in [9.17, 15) is 0 Å². The minimum atomic E-state index is 1.01. The van der Waals surface area contributed by atoms with Gasteiger partial charge in [-0.05, 0) is 18.6 Å². The van der Waals surface area contributed by atoms with Crippen molar-refractivity contribution in [3.05, 3.63) is 6.92 Å². The Morgan fingerprint density at radius 3 is 2.17 bits per heavy atom. The van der Waals surface area contributed by atoms with Crippen LogP contribution >= 0.6 is 12.6 Å². The molecule has 0 aliphatic heterocycles. The first-order chi connectivity index (χ1) is 2.91. The lowest BCUT2D eigenvalue weighted by molar-refractivity contribution is 0.823. The summed E-state index contributed by atoms with van der Waals surface area (Å²) in [6.45, 7) is 3.69. The Bertz CT molecular complexity index is 15.9. The fourth-order valence-corrected chi connectivity index (χ4v) is 0.512. The Balaban J connectivity index is 2.34. The molecule has 0 unspecified atom stereocenters. The zero-order valence-electron chi connectivity index (χ0n) is 3.98. The van der Waals surface area contributed by atoms with Crippen LogP contribution in [0.15, 0.2) is 0 Å². The summed E-state index contributed by atoms with van der Waals surface area (Å²) < 4.78 is 0. The quantitative estimate of drug-likeness (QED) is 0.315. The van der Waals surface area contributed by atoms with E-state index in [0.717, 1.165) is 12.2 Å². The van der Waals surface area contributed by atoms with Gasteiger partial charge in [-0.15, -0.1) is 0 Å². The minimum absolute atomic E-state index is 1.01. The monoisotopic (exact) mass is 103 g/mol. The molecule has 0 radical (unpaired) electrons. The average molecular weight is 103 g/mol. The Morgan fingerprint density at radius 2 is 2.00 bits per heavy atom. The summed E-state index contributed by atoms with van der Waals surface area (Å²) >= 11 is 4.03. The predicted octanol–water partition coefficient (Wildman–Crippen LogP) is 1.92. The molecular weight excluding hydrogens is 92.1 g/mol. The van der Waals surface area contributed by atoms with E-state index < -0.39 is 0 Å². The second kappa shape index (κ2) is 5.22. The van der Waals surface area contributed by atoms with E-state index >= 15 is 0 Å². The largest absolute Gasteiger partial charge is 0.179 e. The van der Waals surface area contributed by atoms with Crippen LogP contribution < -0.4 is 0 Å². The molecule has 1 heteroatoms. The van der Waals surface area contributed by atoms with Crippen molar-refractivity contribution in [1.82, 2.24) is 0 Å². The highest BCUT2D eigenvalue weighted by molar-refractivity contribution is 7.80. The molecule has 0 aliphatic rings. The molecule has 0 fully saturated rings. The first-order valence-corrected chi connectivity index (χ1v) is 2.95. The zero-order valence-corrected chi connectivity index (χ0v) is 4.88. The van der Waals surface area contributed by atoms with Crippen molar-refractivity contribution >= 4 is 12.6 Å². The molecule has 0 bridgehead atoms. The van der Waals surface area contributed by atoms with Crippen LogP contribution in [0.3, 0.4) is 0 Å². The van der Waals surface area contributed by atoms with Crippen molar-refractivity contribution in [2.45, 2.75) is 19.3 Å². The van der Waals surface area contributed by atoms with Crippen molar-refractivity contribution in [1.29, 1.82) is 0 Å². The normalized spacial score (nSPS) is 8.83. The van der Waals surface area contributed by atoms with Crippen LogP contribution in [0.4, 0.5) is 0 Å². The molecule has 6 heavy (non-hydrogen) atoms. The van der Waals surface area contributed by atoms with E-state index in [0.29, 0.717) is 0 Å². The topological polar surface area (TPSA) is 0 Å². The van der Waals surface area contributed by atoms with Gasteiger partial charge in [-0.2, -0.15) is 12.6 Å². The summed E-state index contributed by atoms with van der Waals surface area (Å²) in [5.74, 6) is 1.01. The first-order valence-electron chi connectivity index (χ1n) is 2.32. The molecule has 0 nitrogen and oxygen atoms in total. The summed E-state index contributed by atoms with van der Waals surface area (Å²) in [4.78, 5) is 0. The highest BCUT2D eigenvalue weighted by Crippen LogP contribution is 1.93. The number of hydrogen-bond acceptors (Lipinski definition) is 1. The summed E-state index contributed by atoms with van der Waals surface area (Å²) in [6.07, 6.45) is 3.50. The van der Waals surface area contributed by atoms with Crippen molar-refractivity contribution in [3.63, 3.8) is 0 Å². The second-order valence-electron chi connectivity index (χ2n) is 1.28. The van der Waals surface area contributed by atoms with E-state index in [1.54, 1.807) is 0 Å². The zero-order chi connectivity index (χ0) is 4.83. The van der Waals surface area contributed by atoms with Crippen molar-refractivity contribution in [2.24, 2.45) is 0 Å². The molecule has 0 spiro atoms. The second-order valence-corrected chi connectivity index (χ2v) is 1.73. The minimum Gasteiger partial charge on any atom is -0.179 e. The SMILES string of the molecule is [CH2+]CCCCS. The van der Waals surface area contributed by atoms with Gasteiger partial charge in [0.25, 0.3) is 0 Å². The lowest BCUT2D eigenvalue weighted by Crippen LogP contribution is -1.71. The molecule has 0 N–H and O–H groups in total. The fraction of sp³-hybridized carbons (Fsp3) is 0.800. The van der Waals surface area contributed by atoms with Crippen LogP contribution in [-0.2, 0) is 0 Å². The maximum atomic E-state index is 4.03. The maximum absolute atomic E-state index is 4.03. The Hall–Kier alpha value is 0.220. The Kier molecular flexibility index (Phi) is 5.41. The van der Waals surface area contributed by atoms with Gasteiger partial charge in [-0.1, -0.05) is 0 Å². The standard InChI is InChI=1S/C5H10S/c1-2-3-4-5-6/h1-5H2/p+1. The summed E-state index contributed by atoms with van der Waals surface area (Å²) in [7, 11) is 0. The molecule has 0 saturated heterocycles. The van der Waals surface area contributed by atoms with E-state index in [-0.39, 0.29) is 0 Å². The van der Waals surface area contributed by atoms with Gasteiger partial charge in [0.1, 0.15) is 0 Å². The molecule has 0 saturated carbocycles. The number of hydrogen-bond donors (Lipinski definition) is 1. The first kappa shape index (κ1) is 6.22. The van der Waals surface area contributed by atoms with Gasteiger partial charge in [0.05, 0.1) is 13.3 Å². The molecule has 0 aromatic rings. The summed E-state index contributed by atoms with van der Waals surface area (Å²) in [5.41, 5.74) is 0. The van der Waals surface area contributed by atoms with Crippen LogP contribution in [0.2, 0.25) is 0 Å². The molecule has 0 aromatic carbocycles. The van der Waals surface area contributed by atoms with Crippen molar-refractivity contribution in [3.8, 4) is 0 Å². The third kappa shape index (κ3) is 4.22. The summed E-state index contributed by atoms with van der Waals surface area (Å²) in [5, 5.41) is 0. The van der Waals surface area contributed by atoms with Crippen molar-refractivity contribution < 1.29 is 0 Å². The van der Waals surface area contributed by atoms with Crippen LogP contribution in [-0.4, -0.2) is 5.75 Å². The smallest absolute Gasteiger partial charge is 0.0850 e. The average Bonchev–Trinajstić information content (AvgIpc) is 1.61. The van der Waals surface area contributed by atoms with Crippen LogP contribution in [0.5, 0.6) is 0 Å². The molecule has 0 amide bonds. The van der Waals surface area contributed by atoms with E-state index in [2.05, 4.69) is 19.6 Å². The van der Waals surface area contributed by atoms with Crippen LogP contribution in [0.1, 0.15) is 19.3 Å². The van der Waals surface area contributed by atoms with Crippen LogP contribution in [0, 0.1) is 6.92 Å². The highest BCUT2D eigenvalue weighted by Gasteiger charge is 1.80. The highest BCUT2D eigenvalue weighted by atomic mass is 32.1. The molecule has 0 atom stereocenters. The van der Waals surface area contributed by atoms with Gasteiger partial charge in [-0.25, -0.2) is 0 Å². The van der Waals surface area contributed by atoms with Gasteiger partial charge in [0.2, 0.25) is 0 Å². The third-order valence-corrected chi connectivity index (χ3v) is 0.974. The number of unbranched alkanes of at least 4 members (excludes halogenated alkanes) is 2. The molecule has 0 aromatic heterocycles. The van der Waals surface area contributed by atoms with E-state index in [4.69, 9.17) is 0 Å². The summed E-state index contributed by atoms with van der Waals surface area (Å²) in [6, 6.07) is 0. The van der Waals surface area contributed by atoms with E-state index in [1.807, 2.05) is 0 Å². The fourth-order valence-electron chi connectivity index (χ4n) is 0.289. The van der Waals surface area contributed by atoms with Crippen LogP contribution in [0.25, 0.3) is 0 Å².